The van der Waals surface area contributed by atoms with E-state index in [1.54, 1.807) is 0 Å². The monoisotopic (exact) mass is 296 g/mol. The molecule has 0 amide bonds. The van der Waals surface area contributed by atoms with Crippen molar-refractivity contribution in [2.75, 3.05) is 5.33 Å². The molecule has 0 aliphatic rings. The Hall–Kier alpha value is -0.300. The average molecular weight is 297 g/mol. The summed E-state index contributed by atoms with van der Waals surface area (Å²) in [5, 5.41) is 1.17. The number of halogens is 1. The lowest BCUT2D eigenvalue weighted by atomic mass is 10.0. The molecule has 1 aromatic rings. The van der Waals surface area contributed by atoms with Crippen molar-refractivity contribution in [3.8, 4) is 0 Å². The topological polar surface area (TPSA) is 0 Å². The Morgan fingerprint density at radius 2 is 1.53 bits per heavy atom. The fraction of sp³-hybridized carbons (Fsp3) is 0.625. The van der Waals surface area contributed by atoms with E-state index in [0.717, 1.165) is 0 Å². The third-order valence-corrected chi connectivity index (χ3v) is 3.74. The summed E-state index contributed by atoms with van der Waals surface area (Å²) in [6.45, 7) is 2.17. The zero-order chi connectivity index (χ0) is 12.3. The van der Waals surface area contributed by atoms with Gasteiger partial charge in [-0.2, -0.15) is 0 Å². The molecule has 0 radical (unpaired) electrons. The second-order valence-corrected chi connectivity index (χ2v) is 5.70. The van der Waals surface area contributed by atoms with Crippen LogP contribution in [0.3, 0.4) is 0 Å². The van der Waals surface area contributed by atoms with Gasteiger partial charge in [0.25, 0.3) is 0 Å². The van der Waals surface area contributed by atoms with Crippen molar-refractivity contribution in [2.45, 2.75) is 58.3 Å². The van der Waals surface area contributed by atoms with E-state index < -0.39 is 0 Å². The minimum Gasteiger partial charge on any atom is -0.0928 e. The molecule has 0 bridgehead atoms. The Bertz CT molecular complexity index is 293. The van der Waals surface area contributed by atoms with E-state index in [2.05, 4.69) is 47.1 Å². The molecule has 0 aliphatic heterocycles. The van der Waals surface area contributed by atoms with Crippen molar-refractivity contribution < 1.29 is 0 Å². The predicted molar refractivity (Wildman–Crippen MR) is 81.0 cm³/mol. The number of alkyl halides is 1. The van der Waals surface area contributed by atoms with Gasteiger partial charge in [0.1, 0.15) is 0 Å². The van der Waals surface area contributed by atoms with Crippen molar-refractivity contribution in [3.05, 3.63) is 35.4 Å². The molecule has 1 aromatic carbocycles. The Kier molecular flexibility index (Phi) is 8.42. The zero-order valence-electron chi connectivity index (χ0n) is 11.1. The number of unbranched alkanes of at least 4 members (excludes halogenated alkanes) is 6. The van der Waals surface area contributed by atoms with Crippen LogP contribution in [0.1, 0.15) is 56.1 Å². The average Bonchev–Trinajstić information content (AvgIpc) is 2.33. The van der Waals surface area contributed by atoms with Crippen LogP contribution < -0.4 is 0 Å². The lowest BCUT2D eigenvalue weighted by Crippen LogP contribution is -1.87. The Morgan fingerprint density at radius 3 is 2.18 bits per heavy atom. The summed E-state index contributed by atoms with van der Waals surface area (Å²) in [5.41, 5.74) is 2.89. The van der Waals surface area contributed by atoms with Gasteiger partial charge in [-0.05, 0) is 31.7 Å². The summed E-state index contributed by atoms with van der Waals surface area (Å²) in [6, 6.07) is 8.91. The van der Waals surface area contributed by atoms with Gasteiger partial charge >= 0.3 is 0 Å². The van der Waals surface area contributed by atoms with Gasteiger partial charge in [0, 0.05) is 5.33 Å². The van der Waals surface area contributed by atoms with Gasteiger partial charge in [-0.1, -0.05) is 77.9 Å². The minimum absolute atomic E-state index is 1.17. The van der Waals surface area contributed by atoms with Gasteiger partial charge in [0.05, 0.1) is 0 Å². The van der Waals surface area contributed by atoms with E-state index >= 15 is 0 Å². The van der Waals surface area contributed by atoms with Crippen LogP contribution in [0.5, 0.6) is 0 Å². The Balaban J connectivity index is 1.97. The molecule has 0 N–H and O–H groups in total. The number of hydrogen-bond acceptors (Lipinski definition) is 0. The quantitative estimate of drug-likeness (QED) is 0.407. The summed E-state index contributed by atoms with van der Waals surface area (Å²) in [5.74, 6) is 0. The normalized spacial score (nSPS) is 10.7. The van der Waals surface area contributed by atoms with E-state index in [1.807, 2.05) is 0 Å². The van der Waals surface area contributed by atoms with E-state index in [1.165, 1.54) is 67.8 Å². The zero-order valence-corrected chi connectivity index (χ0v) is 12.6. The highest BCUT2D eigenvalue weighted by atomic mass is 79.9. The number of rotatable bonds is 9. The lowest BCUT2D eigenvalue weighted by Gasteiger charge is -2.03. The maximum Gasteiger partial charge on any atom is 0.00313 e. The molecular weight excluding hydrogens is 272 g/mol. The van der Waals surface area contributed by atoms with Crippen LogP contribution in [0.4, 0.5) is 0 Å². The smallest absolute Gasteiger partial charge is 0.00313 e. The largest absolute Gasteiger partial charge is 0.0928 e. The second-order valence-electron chi connectivity index (χ2n) is 4.90. The van der Waals surface area contributed by atoms with Gasteiger partial charge in [-0.3, -0.25) is 0 Å². The van der Waals surface area contributed by atoms with Crippen LogP contribution in [-0.2, 0) is 6.42 Å². The van der Waals surface area contributed by atoms with Crippen LogP contribution in [0, 0.1) is 6.92 Å². The summed E-state index contributed by atoms with van der Waals surface area (Å²) < 4.78 is 0. The number of benzene rings is 1. The molecule has 0 aliphatic carbocycles. The Labute approximate surface area is 115 Å². The highest BCUT2D eigenvalue weighted by molar-refractivity contribution is 9.09. The minimum atomic E-state index is 1.17. The first-order valence-electron chi connectivity index (χ1n) is 6.94. The SMILES string of the molecule is Cc1cccc(CCCCCCCCCBr)c1. The molecule has 0 saturated heterocycles. The summed E-state index contributed by atoms with van der Waals surface area (Å²) in [7, 11) is 0. The van der Waals surface area contributed by atoms with Gasteiger partial charge in [0.15, 0.2) is 0 Å². The maximum atomic E-state index is 3.48. The van der Waals surface area contributed by atoms with Crippen molar-refractivity contribution in [1.29, 1.82) is 0 Å². The molecule has 0 atom stereocenters. The van der Waals surface area contributed by atoms with E-state index in [4.69, 9.17) is 0 Å². The molecule has 1 rings (SSSR count). The van der Waals surface area contributed by atoms with Crippen molar-refractivity contribution in [1.82, 2.24) is 0 Å². The summed E-state index contributed by atoms with van der Waals surface area (Å²) >= 11 is 3.48. The van der Waals surface area contributed by atoms with Crippen LogP contribution in [0.15, 0.2) is 24.3 Å². The maximum absolute atomic E-state index is 3.48. The number of aryl methyl sites for hydroxylation is 2. The van der Waals surface area contributed by atoms with Crippen LogP contribution in [0.2, 0.25) is 0 Å². The van der Waals surface area contributed by atoms with Gasteiger partial charge in [0.2, 0.25) is 0 Å². The molecule has 17 heavy (non-hydrogen) atoms. The van der Waals surface area contributed by atoms with E-state index in [-0.39, 0.29) is 0 Å². The molecule has 0 nitrogen and oxygen atoms in total. The fourth-order valence-corrected chi connectivity index (χ4v) is 2.57. The highest BCUT2D eigenvalue weighted by Gasteiger charge is 1.95. The third kappa shape index (κ3) is 7.59. The first kappa shape index (κ1) is 14.8. The van der Waals surface area contributed by atoms with Crippen LogP contribution in [-0.4, -0.2) is 5.33 Å². The second kappa shape index (κ2) is 9.70. The molecule has 1 heteroatoms. The molecule has 0 heterocycles. The Morgan fingerprint density at radius 1 is 0.882 bits per heavy atom. The highest BCUT2D eigenvalue weighted by Crippen LogP contribution is 2.12. The first-order valence-corrected chi connectivity index (χ1v) is 8.06. The summed E-state index contributed by atoms with van der Waals surface area (Å²) in [4.78, 5) is 0. The van der Waals surface area contributed by atoms with Crippen molar-refractivity contribution in [3.63, 3.8) is 0 Å². The van der Waals surface area contributed by atoms with E-state index in [9.17, 15) is 0 Å². The molecular formula is C16H25Br. The fourth-order valence-electron chi connectivity index (χ4n) is 2.18. The molecule has 0 spiro atoms. The molecule has 0 unspecified atom stereocenters. The molecule has 0 saturated carbocycles. The van der Waals surface area contributed by atoms with Crippen LogP contribution >= 0.6 is 15.9 Å². The molecule has 0 fully saturated rings. The predicted octanol–water partition coefficient (Wildman–Crippen LogP) is 5.66. The third-order valence-electron chi connectivity index (χ3n) is 3.18. The van der Waals surface area contributed by atoms with Gasteiger partial charge in [-0.15, -0.1) is 0 Å². The van der Waals surface area contributed by atoms with Gasteiger partial charge in [-0.25, -0.2) is 0 Å². The van der Waals surface area contributed by atoms with Crippen molar-refractivity contribution in [2.24, 2.45) is 0 Å². The van der Waals surface area contributed by atoms with Crippen LogP contribution in [0.25, 0.3) is 0 Å². The van der Waals surface area contributed by atoms with Crippen molar-refractivity contribution >= 4 is 15.9 Å². The molecule has 96 valence electrons. The standard InChI is InChI=1S/C16H25Br/c1-15-10-9-12-16(14-15)11-7-5-3-2-4-6-8-13-17/h9-10,12,14H,2-8,11,13H2,1H3. The number of hydrogen-bond donors (Lipinski definition) is 0. The lowest BCUT2D eigenvalue weighted by molar-refractivity contribution is 0.591. The molecule has 0 aromatic heterocycles. The van der Waals surface area contributed by atoms with E-state index in [0.29, 0.717) is 0 Å². The van der Waals surface area contributed by atoms with Gasteiger partial charge < -0.3 is 0 Å². The summed E-state index contributed by atoms with van der Waals surface area (Å²) in [6.07, 6.45) is 11.0. The first-order chi connectivity index (χ1) is 8.33.